The summed E-state index contributed by atoms with van der Waals surface area (Å²) in [5.41, 5.74) is 1.41. The minimum Gasteiger partial charge on any atom is -0.493 e. The van der Waals surface area contributed by atoms with Crippen molar-refractivity contribution in [1.29, 1.82) is 0 Å². The van der Waals surface area contributed by atoms with Gasteiger partial charge in [-0.05, 0) is 42.0 Å². The largest absolute Gasteiger partial charge is 0.493 e. The number of hydrogen-bond acceptors (Lipinski definition) is 4. The Morgan fingerprint density at radius 1 is 1.25 bits per heavy atom. The summed E-state index contributed by atoms with van der Waals surface area (Å²) in [5, 5.41) is 3.31. The monoisotopic (exact) mass is 345 g/mol. The predicted octanol–water partition coefficient (Wildman–Crippen LogP) is 3.77. The molecule has 0 fully saturated rings. The van der Waals surface area contributed by atoms with Gasteiger partial charge < -0.3 is 19.5 Å². The SMILES string of the molecule is COc1cc(/C=C/C(=O)Nc2cccc(Cl)c2)cc2c1OCCO2. The Labute approximate surface area is 144 Å². The minimum absolute atomic E-state index is 0.258. The topological polar surface area (TPSA) is 56.8 Å². The molecule has 0 bridgehead atoms. The molecule has 0 saturated heterocycles. The van der Waals surface area contributed by atoms with E-state index in [-0.39, 0.29) is 5.91 Å². The molecule has 0 radical (unpaired) electrons. The smallest absolute Gasteiger partial charge is 0.248 e. The van der Waals surface area contributed by atoms with Crippen molar-refractivity contribution in [2.75, 3.05) is 25.6 Å². The molecule has 1 aliphatic heterocycles. The zero-order chi connectivity index (χ0) is 16.9. The second-order valence-electron chi connectivity index (χ2n) is 5.08. The van der Waals surface area contributed by atoms with Crippen molar-refractivity contribution in [3.05, 3.63) is 53.1 Å². The molecule has 0 spiro atoms. The molecule has 24 heavy (non-hydrogen) atoms. The lowest BCUT2D eigenvalue weighted by Crippen LogP contribution is -2.16. The molecule has 0 aliphatic carbocycles. The van der Waals surface area contributed by atoms with E-state index in [0.29, 0.717) is 41.2 Å². The number of nitrogens with one attached hydrogen (secondary N) is 1. The van der Waals surface area contributed by atoms with E-state index in [2.05, 4.69) is 5.32 Å². The molecule has 0 aromatic heterocycles. The highest BCUT2D eigenvalue weighted by molar-refractivity contribution is 6.30. The fraction of sp³-hybridized carbons (Fsp3) is 0.167. The molecule has 5 nitrogen and oxygen atoms in total. The van der Waals surface area contributed by atoms with Crippen molar-refractivity contribution in [3.8, 4) is 17.2 Å². The van der Waals surface area contributed by atoms with Crippen LogP contribution in [0.5, 0.6) is 17.2 Å². The van der Waals surface area contributed by atoms with Crippen LogP contribution in [0.25, 0.3) is 6.08 Å². The summed E-state index contributed by atoms with van der Waals surface area (Å²) in [5.74, 6) is 1.51. The third kappa shape index (κ3) is 3.81. The minimum atomic E-state index is -0.258. The second-order valence-corrected chi connectivity index (χ2v) is 5.52. The van der Waals surface area contributed by atoms with Gasteiger partial charge in [0.05, 0.1) is 7.11 Å². The van der Waals surface area contributed by atoms with Crippen molar-refractivity contribution >= 4 is 29.3 Å². The van der Waals surface area contributed by atoms with Crippen LogP contribution in [0.3, 0.4) is 0 Å². The van der Waals surface area contributed by atoms with E-state index in [9.17, 15) is 4.79 Å². The molecule has 0 unspecified atom stereocenters. The van der Waals surface area contributed by atoms with E-state index in [1.165, 1.54) is 6.08 Å². The molecule has 2 aromatic carbocycles. The second kappa shape index (κ2) is 7.27. The number of rotatable bonds is 4. The highest BCUT2D eigenvalue weighted by Crippen LogP contribution is 2.40. The first-order valence-electron chi connectivity index (χ1n) is 7.38. The van der Waals surface area contributed by atoms with E-state index in [1.807, 2.05) is 0 Å². The summed E-state index contributed by atoms with van der Waals surface area (Å²) in [7, 11) is 1.56. The van der Waals surface area contributed by atoms with Gasteiger partial charge in [-0.3, -0.25) is 4.79 Å². The highest BCUT2D eigenvalue weighted by atomic mass is 35.5. The van der Waals surface area contributed by atoms with Gasteiger partial charge >= 0.3 is 0 Å². The van der Waals surface area contributed by atoms with E-state index in [1.54, 1.807) is 49.6 Å². The lowest BCUT2D eigenvalue weighted by molar-refractivity contribution is -0.111. The van der Waals surface area contributed by atoms with Crippen molar-refractivity contribution in [3.63, 3.8) is 0 Å². The number of amides is 1. The van der Waals surface area contributed by atoms with Gasteiger partial charge in [-0.2, -0.15) is 0 Å². The Morgan fingerprint density at radius 2 is 2.08 bits per heavy atom. The van der Waals surface area contributed by atoms with Crippen LogP contribution in [0.4, 0.5) is 5.69 Å². The molecule has 6 heteroatoms. The number of carbonyl (C=O) groups excluding carboxylic acids is 1. The van der Waals surface area contributed by atoms with Crippen LogP contribution < -0.4 is 19.5 Å². The highest BCUT2D eigenvalue weighted by Gasteiger charge is 2.17. The van der Waals surface area contributed by atoms with Gasteiger partial charge in [0.25, 0.3) is 0 Å². The first-order valence-corrected chi connectivity index (χ1v) is 7.76. The summed E-state index contributed by atoms with van der Waals surface area (Å²) >= 11 is 5.89. The van der Waals surface area contributed by atoms with Crippen LogP contribution in [-0.2, 0) is 4.79 Å². The van der Waals surface area contributed by atoms with E-state index in [0.717, 1.165) is 5.56 Å². The Morgan fingerprint density at radius 3 is 2.88 bits per heavy atom. The molecule has 0 saturated carbocycles. The number of carbonyl (C=O) groups is 1. The molecule has 1 amide bonds. The third-order valence-electron chi connectivity index (χ3n) is 3.37. The normalized spacial score (nSPS) is 12.9. The number of hydrogen-bond donors (Lipinski definition) is 1. The lowest BCUT2D eigenvalue weighted by Gasteiger charge is -2.20. The predicted molar refractivity (Wildman–Crippen MR) is 93.1 cm³/mol. The number of halogens is 1. The maximum absolute atomic E-state index is 12.0. The fourth-order valence-electron chi connectivity index (χ4n) is 2.31. The molecule has 1 heterocycles. The summed E-state index contributed by atoms with van der Waals surface area (Å²) < 4.78 is 16.4. The van der Waals surface area contributed by atoms with Crippen LogP contribution in [0.2, 0.25) is 5.02 Å². The fourth-order valence-corrected chi connectivity index (χ4v) is 2.50. The van der Waals surface area contributed by atoms with Gasteiger partial charge in [-0.15, -0.1) is 0 Å². The van der Waals surface area contributed by atoms with E-state index < -0.39 is 0 Å². The molecular formula is C18H16ClNO4. The maximum atomic E-state index is 12.0. The summed E-state index contributed by atoms with van der Waals surface area (Å²) in [6.07, 6.45) is 3.12. The Hall–Kier alpha value is -2.66. The molecule has 2 aromatic rings. The standard InChI is InChI=1S/C18H16ClNO4/c1-22-15-9-12(10-16-18(15)24-8-7-23-16)5-6-17(21)20-14-4-2-3-13(19)11-14/h2-6,9-11H,7-8H2,1H3,(H,20,21)/b6-5+. The van der Waals surface area contributed by atoms with Gasteiger partial charge in [-0.25, -0.2) is 0 Å². The van der Waals surface area contributed by atoms with Crippen LogP contribution in [0, 0.1) is 0 Å². The molecule has 0 atom stereocenters. The molecule has 1 N–H and O–H groups in total. The zero-order valence-electron chi connectivity index (χ0n) is 13.0. The Bertz CT molecular complexity index is 771. The van der Waals surface area contributed by atoms with Crippen LogP contribution in [0.1, 0.15) is 5.56 Å². The van der Waals surface area contributed by atoms with Gasteiger partial charge in [-0.1, -0.05) is 17.7 Å². The molecular weight excluding hydrogens is 330 g/mol. The quantitative estimate of drug-likeness (QED) is 0.857. The third-order valence-corrected chi connectivity index (χ3v) is 3.60. The van der Waals surface area contributed by atoms with Crippen molar-refractivity contribution in [2.45, 2.75) is 0 Å². The average Bonchev–Trinajstić information content (AvgIpc) is 2.59. The van der Waals surface area contributed by atoms with Gasteiger partial charge in [0, 0.05) is 16.8 Å². The number of methoxy groups -OCH3 is 1. The van der Waals surface area contributed by atoms with Crippen molar-refractivity contribution in [2.24, 2.45) is 0 Å². The first-order chi connectivity index (χ1) is 11.7. The Kier molecular flexibility index (Phi) is 4.91. The molecule has 3 rings (SSSR count). The zero-order valence-corrected chi connectivity index (χ0v) is 13.8. The van der Waals surface area contributed by atoms with Gasteiger partial charge in [0.15, 0.2) is 11.5 Å². The molecule has 124 valence electrons. The first kappa shape index (κ1) is 16.2. The van der Waals surface area contributed by atoms with E-state index in [4.69, 9.17) is 25.8 Å². The Balaban J connectivity index is 1.75. The number of benzene rings is 2. The average molecular weight is 346 g/mol. The van der Waals surface area contributed by atoms with Crippen molar-refractivity contribution < 1.29 is 19.0 Å². The number of anilines is 1. The summed E-state index contributed by atoms with van der Waals surface area (Å²) in [4.78, 5) is 12.0. The van der Waals surface area contributed by atoms with Crippen LogP contribution in [0.15, 0.2) is 42.5 Å². The number of ether oxygens (including phenoxy) is 3. The maximum Gasteiger partial charge on any atom is 0.248 e. The van der Waals surface area contributed by atoms with Gasteiger partial charge in [0.1, 0.15) is 13.2 Å². The lowest BCUT2D eigenvalue weighted by atomic mass is 10.1. The van der Waals surface area contributed by atoms with Crippen LogP contribution in [-0.4, -0.2) is 26.2 Å². The van der Waals surface area contributed by atoms with Crippen LogP contribution >= 0.6 is 11.6 Å². The molecule has 1 aliphatic rings. The van der Waals surface area contributed by atoms with Crippen molar-refractivity contribution in [1.82, 2.24) is 0 Å². The summed E-state index contributed by atoms with van der Waals surface area (Å²) in [6.45, 7) is 0.971. The van der Waals surface area contributed by atoms with Gasteiger partial charge in [0.2, 0.25) is 11.7 Å². The van der Waals surface area contributed by atoms with E-state index >= 15 is 0 Å². The summed E-state index contributed by atoms with van der Waals surface area (Å²) in [6, 6.07) is 10.6. The number of fused-ring (bicyclic) bond motifs is 1.